The number of carbonyl (C=O) groups excluding carboxylic acids is 2. The van der Waals surface area contributed by atoms with Crippen LogP contribution in [0.25, 0.3) is 6.08 Å². The number of nitrogens with one attached hydrogen (secondary N) is 1. The maximum Gasteiger partial charge on any atom is 0.331 e. The lowest BCUT2D eigenvalue weighted by Gasteiger charge is -2.17. The van der Waals surface area contributed by atoms with Crippen LogP contribution in [0, 0.1) is 6.92 Å². The van der Waals surface area contributed by atoms with E-state index in [4.69, 9.17) is 4.74 Å². The molecule has 1 atom stereocenters. The van der Waals surface area contributed by atoms with Crippen molar-refractivity contribution in [2.75, 3.05) is 0 Å². The Morgan fingerprint density at radius 3 is 2.62 bits per heavy atom. The van der Waals surface area contributed by atoms with E-state index in [1.54, 1.807) is 29.5 Å². The first-order valence-electron chi connectivity index (χ1n) is 7.91. The van der Waals surface area contributed by atoms with Crippen LogP contribution < -0.4 is 5.32 Å². The molecule has 2 aromatic rings. The molecule has 1 heterocycles. The number of ether oxygens (including phenoxy) is 1. The summed E-state index contributed by atoms with van der Waals surface area (Å²) >= 11 is 1.56. The van der Waals surface area contributed by atoms with E-state index in [0.717, 1.165) is 23.3 Å². The molecule has 124 valence electrons. The van der Waals surface area contributed by atoms with Crippen molar-refractivity contribution >= 4 is 29.3 Å². The smallest absolute Gasteiger partial charge is 0.331 e. The molecule has 1 aliphatic rings. The summed E-state index contributed by atoms with van der Waals surface area (Å²) in [5.41, 5.74) is 1.78. The van der Waals surface area contributed by atoms with Gasteiger partial charge in [0, 0.05) is 22.6 Å². The number of rotatable bonds is 6. The molecular formula is C19H19NO3S. The zero-order valence-electron chi connectivity index (χ0n) is 13.4. The fourth-order valence-corrected chi connectivity index (χ4v) is 3.08. The predicted molar refractivity (Wildman–Crippen MR) is 94.5 cm³/mol. The molecule has 0 bridgehead atoms. The van der Waals surface area contributed by atoms with Gasteiger partial charge in [-0.05, 0) is 42.9 Å². The van der Waals surface area contributed by atoms with E-state index in [9.17, 15) is 9.59 Å². The second-order valence-electron chi connectivity index (χ2n) is 5.81. The first-order chi connectivity index (χ1) is 11.6. The lowest BCUT2D eigenvalue weighted by Crippen LogP contribution is -2.33. The Balaban J connectivity index is 1.71. The van der Waals surface area contributed by atoms with Crippen molar-refractivity contribution in [1.29, 1.82) is 0 Å². The summed E-state index contributed by atoms with van der Waals surface area (Å²) in [7, 11) is 0. The Hall–Kier alpha value is -2.40. The zero-order valence-corrected chi connectivity index (χ0v) is 14.2. The van der Waals surface area contributed by atoms with Crippen LogP contribution in [0.5, 0.6) is 0 Å². The van der Waals surface area contributed by atoms with Gasteiger partial charge in [0.1, 0.15) is 0 Å². The van der Waals surface area contributed by atoms with Gasteiger partial charge in [0.25, 0.3) is 5.91 Å². The van der Waals surface area contributed by atoms with Crippen molar-refractivity contribution in [3.63, 3.8) is 0 Å². The molecule has 1 aliphatic carbocycles. The van der Waals surface area contributed by atoms with E-state index < -0.39 is 12.1 Å². The number of carbonyl (C=O) groups is 2. The van der Waals surface area contributed by atoms with E-state index in [-0.39, 0.29) is 11.9 Å². The summed E-state index contributed by atoms with van der Waals surface area (Å²) in [4.78, 5) is 25.6. The second kappa shape index (κ2) is 7.45. The van der Waals surface area contributed by atoms with Gasteiger partial charge in [0.05, 0.1) is 0 Å². The van der Waals surface area contributed by atoms with E-state index in [0.29, 0.717) is 5.56 Å². The van der Waals surface area contributed by atoms with Gasteiger partial charge in [-0.15, -0.1) is 11.3 Å². The molecule has 0 aliphatic heterocycles. The van der Waals surface area contributed by atoms with Gasteiger partial charge in [-0.1, -0.05) is 30.3 Å². The van der Waals surface area contributed by atoms with Crippen LogP contribution in [-0.2, 0) is 14.3 Å². The van der Waals surface area contributed by atoms with Crippen LogP contribution in [0.1, 0.15) is 34.9 Å². The Bertz CT molecular complexity index is 747. The molecule has 3 rings (SSSR count). The highest BCUT2D eigenvalue weighted by molar-refractivity contribution is 7.11. The van der Waals surface area contributed by atoms with Crippen LogP contribution in [0.2, 0.25) is 0 Å². The fraction of sp³-hybridized carbons (Fsp3) is 0.263. The molecule has 1 amide bonds. The molecule has 24 heavy (non-hydrogen) atoms. The topological polar surface area (TPSA) is 55.4 Å². The summed E-state index contributed by atoms with van der Waals surface area (Å²) < 4.78 is 5.43. The average molecular weight is 341 g/mol. The third-order valence-electron chi connectivity index (χ3n) is 3.77. The van der Waals surface area contributed by atoms with Crippen LogP contribution in [-0.4, -0.2) is 17.9 Å². The van der Waals surface area contributed by atoms with Gasteiger partial charge in [0.15, 0.2) is 0 Å². The summed E-state index contributed by atoms with van der Waals surface area (Å²) in [5, 5.41) is 4.87. The maximum atomic E-state index is 12.4. The molecule has 0 spiro atoms. The Labute approximate surface area is 145 Å². The lowest BCUT2D eigenvalue weighted by atomic mass is 10.1. The predicted octanol–water partition coefficient (Wildman–Crippen LogP) is 3.63. The summed E-state index contributed by atoms with van der Waals surface area (Å²) in [6, 6.07) is 11.3. The largest absolute Gasteiger partial charge is 0.444 e. The van der Waals surface area contributed by atoms with Crippen LogP contribution in [0.3, 0.4) is 0 Å². The third kappa shape index (κ3) is 4.32. The molecular weight excluding hydrogens is 322 g/mol. The molecule has 4 nitrogen and oxygen atoms in total. The first kappa shape index (κ1) is 16.5. The van der Waals surface area contributed by atoms with Crippen LogP contribution >= 0.6 is 11.3 Å². The zero-order chi connectivity index (χ0) is 16.9. The minimum atomic E-state index is -0.923. The molecule has 1 unspecified atom stereocenters. The van der Waals surface area contributed by atoms with Gasteiger partial charge in [-0.3, -0.25) is 4.79 Å². The lowest BCUT2D eigenvalue weighted by molar-refractivity contribution is -0.151. The third-order valence-corrected chi connectivity index (χ3v) is 4.75. The molecule has 0 radical (unpaired) electrons. The molecule has 1 aromatic heterocycles. The summed E-state index contributed by atoms with van der Waals surface area (Å²) in [6.45, 7) is 1.98. The number of benzene rings is 1. The molecule has 0 saturated heterocycles. The van der Waals surface area contributed by atoms with E-state index in [2.05, 4.69) is 5.32 Å². The minimum absolute atomic E-state index is 0.215. The molecule has 1 saturated carbocycles. The van der Waals surface area contributed by atoms with Crippen LogP contribution in [0.4, 0.5) is 0 Å². The molecule has 1 aromatic carbocycles. The second-order valence-corrected chi connectivity index (χ2v) is 6.76. The van der Waals surface area contributed by atoms with Gasteiger partial charge >= 0.3 is 5.97 Å². The standard InChI is InChI=1S/C19H19NO3S/c1-13-11-12-24-16(13)9-10-17(21)23-18(14-5-3-2-4-6-14)19(22)20-15-7-8-15/h2-6,9-12,15,18H,7-8H2,1H3,(H,20,22)/b10-9+. The van der Waals surface area contributed by atoms with Crippen molar-refractivity contribution in [2.24, 2.45) is 0 Å². The van der Waals surface area contributed by atoms with Crippen LogP contribution in [0.15, 0.2) is 47.9 Å². The number of hydrogen-bond donors (Lipinski definition) is 1. The first-order valence-corrected chi connectivity index (χ1v) is 8.79. The summed E-state index contributed by atoms with van der Waals surface area (Å²) in [5.74, 6) is -0.791. The monoisotopic (exact) mass is 341 g/mol. The van der Waals surface area contributed by atoms with Gasteiger partial charge in [-0.2, -0.15) is 0 Å². The molecule has 1 fully saturated rings. The highest BCUT2D eigenvalue weighted by atomic mass is 32.1. The Morgan fingerprint density at radius 1 is 1.25 bits per heavy atom. The Kier molecular flexibility index (Phi) is 5.11. The molecule has 5 heteroatoms. The average Bonchev–Trinajstić information content (AvgIpc) is 3.31. The minimum Gasteiger partial charge on any atom is -0.444 e. The number of hydrogen-bond acceptors (Lipinski definition) is 4. The van der Waals surface area contributed by atoms with Crippen molar-refractivity contribution < 1.29 is 14.3 Å². The van der Waals surface area contributed by atoms with E-state index >= 15 is 0 Å². The Morgan fingerprint density at radius 2 is 2.00 bits per heavy atom. The van der Waals surface area contributed by atoms with Crippen molar-refractivity contribution in [3.05, 3.63) is 63.9 Å². The van der Waals surface area contributed by atoms with Crippen molar-refractivity contribution in [1.82, 2.24) is 5.32 Å². The maximum absolute atomic E-state index is 12.4. The number of amides is 1. The van der Waals surface area contributed by atoms with Crippen molar-refractivity contribution in [3.8, 4) is 0 Å². The quantitative estimate of drug-likeness (QED) is 0.645. The summed E-state index contributed by atoms with van der Waals surface area (Å²) in [6.07, 6.45) is 4.15. The van der Waals surface area contributed by atoms with Crippen molar-refractivity contribution in [2.45, 2.75) is 31.9 Å². The van der Waals surface area contributed by atoms with E-state index in [1.807, 2.05) is 36.6 Å². The fourth-order valence-electron chi connectivity index (χ4n) is 2.26. The van der Waals surface area contributed by atoms with Gasteiger partial charge in [0.2, 0.25) is 6.10 Å². The SMILES string of the molecule is Cc1ccsc1/C=C/C(=O)OC(C(=O)NC1CC1)c1ccccc1. The van der Waals surface area contributed by atoms with Gasteiger partial charge < -0.3 is 10.1 Å². The highest BCUT2D eigenvalue weighted by Crippen LogP contribution is 2.23. The number of aryl methyl sites for hydroxylation is 1. The van der Waals surface area contributed by atoms with E-state index in [1.165, 1.54) is 6.08 Å². The van der Waals surface area contributed by atoms with Gasteiger partial charge in [-0.25, -0.2) is 4.79 Å². The molecule has 1 N–H and O–H groups in total. The number of esters is 1. The normalized spacial score (nSPS) is 15.2. The number of thiophene rings is 1. The highest BCUT2D eigenvalue weighted by Gasteiger charge is 2.30.